The molecule has 1 aliphatic rings. The van der Waals surface area contributed by atoms with E-state index in [9.17, 15) is 0 Å². The van der Waals surface area contributed by atoms with Gasteiger partial charge in [-0.15, -0.1) is 0 Å². The van der Waals surface area contributed by atoms with Crippen LogP contribution in [0, 0.1) is 0 Å². The summed E-state index contributed by atoms with van der Waals surface area (Å²) in [7, 11) is 0. The molecule has 3 nitrogen and oxygen atoms in total. The van der Waals surface area contributed by atoms with Crippen molar-refractivity contribution in [3.8, 4) is 0 Å². The maximum atomic E-state index is 6.06. The lowest BCUT2D eigenvalue weighted by atomic mass is 9.91. The molecule has 24 heavy (non-hydrogen) atoms. The Morgan fingerprint density at radius 2 is 1.62 bits per heavy atom. The van der Waals surface area contributed by atoms with Crippen LogP contribution in [0.15, 0.2) is 82.7 Å². The number of azo groups is 1. The molecule has 0 aliphatic heterocycles. The minimum absolute atomic E-state index is 0.319. The first-order chi connectivity index (χ1) is 11.7. The maximum absolute atomic E-state index is 6.06. The van der Waals surface area contributed by atoms with Crippen LogP contribution in [-0.4, -0.2) is 4.86 Å². The fraction of sp³-hybridized carbons (Fsp3) is 0.0500. The van der Waals surface area contributed by atoms with Crippen LogP contribution >= 0.6 is 12.2 Å². The Labute approximate surface area is 145 Å². The lowest BCUT2D eigenvalue weighted by Gasteiger charge is -2.21. The van der Waals surface area contributed by atoms with Crippen molar-refractivity contribution in [2.45, 2.75) is 6.04 Å². The van der Waals surface area contributed by atoms with E-state index in [-0.39, 0.29) is 6.04 Å². The van der Waals surface area contributed by atoms with E-state index in [4.69, 9.17) is 18.0 Å². The zero-order chi connectivity index (χ0) is 16.5. The summed E-state index contributed by atoms with van der Waals surface area (Å²) >= 11 is 5.49. The summed E-state index contributed by atoms with van der Waals surface area (Å²) < 4.78 is 0. The van der Waals surface area contributed by atoms with E-state index >= 15 is 0 Å². The third-order valence-corrected chi connectivity index (χ3v) is 4.64. The van der Waals surface area contributed by atoms with Crippen LogP contribution in [0.3, 0.4) is 0 Å². The monoisotopic (exact) mass is 329 g/mol. The van der Waals surface area contributed by atoms with E-state index in [0.717, 1.165) is 27.6 Å². The molecule has 0 radical (unpaired) electrons. The number of rotatable bonds is 2. The normalized spacial score (nSPS) is 17.1. The number of benzene rings is 3. The summed E-state index contributed by atoms with van der Waals surface area (Å²) in [5.74, 6) is 0. The molecular weight excluding hydrogens is 314 g/mol. The lowest BCUT2D eigenvalue weighted by molar-refractivity contribution is 0.882. The van der Waals surface area contributed by atoms with E-state index < -0.39 is 0 Å². The molecule has 3 aromatic carbocycles. The predicted molar refractivity (Wildman–Crippen MR) is 102 cm³/mol. The predicted octanol–water partition coefficient (Wildman–Crippen LogP) is 5.35. The Bertz CT molecular complexity index is 999. The van der Waals surface area contributed by atoms with Gasteiger partial charge in [0.2, 0.25) is 0 Å². The SMILES string of the molecule is NC1=Cc2ccccc2C(N=Nc2cccc3ccccc23)C1=S. The first-order valence-corrected chi connectivity index (χ1v) is 8.14. The quantitative estimate of drug-likeness (QED) is 0.509. The average Bonchev–Trinajstić information content (AvgIpc) is 2.62. The highest BCUT2D eigenvalue weighted by molar-refractivity contribution is 7.81. The highest BCUT2D eigenvalue weighted by Gasteiger charge is 2.24. The third-order valence-electron chi connectivity index (χ3n) is 4.18. The highest BCUT2D eigenvalue weighted by Crippen LogP contribution is 2.33. The van der Waals surface area contributed by atoms with E-state index in [1.165, 1.54) is 0 Å². The second-order valence-electron chi connectivity index (χ2n) is 5.71. The molecular formula is C20H15N3S. The molecule has 0 aromatic heterocycles. The molecule has 116 valence electrons. The van der Waals surface area contributed by atoms with Crippen LogP contribution in [0.1, 0.15) is 17.2 Å². The van der Waals surface area contributed by atoms with Gasteiger partial charge in [-0.05, 0) is 28.7 Å². The number of fused-ring (bicyclic) bond motifs is 2. The van der Waals surface area contributed by atoms with Gasteiger partial charge in [-0.3, -0.25) is 0 Å². The van der Waals surface area contributed by atoms with E-state index in [2.05, 4.69) is 22.4 Å². The van der Waals surface area contributed by atoms with Crippen molar-refractivity contribution in [1.29, 1.82) is 0 Å². The molecule has 4 heteroatoms. The lowest BCUT2D eigenvalue weighted by Crippen LogP contribution is -2.20. The number of hydrogen-bond donors (Lipinski definition) is 1. The largest absolute Gasteiger partial charge is 0.398 e. The molecule has 2 N–H and O–H groups in total. The van der Waals surface area contributed by atoms with E-state index in [1.54, 1.807) is 0 Å². The highest BCUT2D eigenvalue weighted by atomic mass is 32.1. The topological polar surface area (TPSA) is 50.7 Å². The zero-order valence-electron chi connectivity index (χ0n) is 12.9. The van der Waals surface area contributed by atoms with Crippen LogP contribution in [0.5, 0.6) is 0 Å². The molecule has 1 aliphatic carbocycles. The first kappa shape index (κ1) is 14.7. The van der Waals surface area contributed by atoms with Crippen LogP contribution in [0.25, 0.3) is 16.8 Å². The van der Waals surface area contributed by atoms with Gasteiger partial charge >= 0.3 is 0 Å². The van der Waals surface area contributed by atoms with Gasteiger partial charge in [-0.25, -0.2) is 0 Å². The smallest absolute Gasteiger partial charge is 0.134 e. The van der Waals surface area contributed by atoms with Gasteiger partial charge in [0.1, 0.15) is 6.04 Å². The standard InChI is InChI=1S/C20H15N3S/c21-17-12-14-7-2-4-10-16(14)19(20(17)24)23-22-18-11-5-8-13-6-1-3-9-15(13)18/h1-12,19H,21H2. The molecule has 0 amide bonds. The molecule has 0 bridgehead atoms. The molecule has 4 rings (SSSR count). The third kappa shape index (κ3) is 2.51. The van der Waals surface area contributed by atoms with Crippen molar-refractivity contribution >= 4 is 39.6 Å². The Morgan fingerprint density at radius 3 is 2.54 bits per heavy atom. The van der Waals surface area contributed by atoms with E-state index in [0.29, 0.717) is 10.6 Å². The Kier molecular flexibility index (Phi) is 3.67. The molecule has 0 saturated heterocycles. The molecule has 0 spiro atoms. The summed E-state index contributed by atoms with van der Waals surface area (Å²) in [6.45, 7) is 0. The van der Waals surface area contributed by atoms with Gasteiger partial charge in [0.05, 0.1) is 10.6 Å². The van der Waals surface area contributed by atoms with Gasteiger partial charge in [0.15, 0.2) is 0 Å². The Hall–Kier alpha value is -2.85. The van der Waals surface area contributed by atoms with Crippen LogP contribution in [0.4, 0.5) is 5.69 Å². The van der Waals surface area contributed by atoms with E-state index in [1.807, 2.05) is 60.7 Å². The summed E-state index contributed by atoms with van der Waals surface area (Å²) in [5.41, 5.74) is 9.57. The van der Waals surface area contributed by atoms with Crippen LogP contribution < -0.4 is 5.73 Å². The van der Waals surface area contributed by atoms with Gasteiger partial charge in [0.25, 0.3) is 0 Å². The summed E-state index contributed by atoms with van der Waals surface area (Å²) in [4.78, 5) is 0.623. The fourth-order valence-corrected chi connectivity index (χ4v) is 3.19. The minimum Gasteiger partial charge on any atom is -0.398 e. The Morgan fingerprint density at radius 1 is 0.875 bits per heavy atom. The second-order valence-corrected chi connectivity index (χ2v) is 6.15. The number of hydrogen-bond acceptors (Lipinski definition) is 4. The molecule has 1 unspecified atom stereocenters. The molecule has 0 heterocycles. The minimum atomic E-state index is -0.319. The van der Waals surface area contributed by atoms with Crippen molar-refractivity contribution in [2.75, 3.05) is 0 Å². The van der Waals surface area contributed by atoms with Gasteiger partial charge < -0.3 is 5.73 Å². The van der Waals surface area contributed by atoms with Crippen LogP contribution in [-0.2, 0) is 0 Å². The average molecular weight is 329 g/mol. The van der Waals surface area contributed by atoms with Crippen molar-refractivity contribution in [3.63, 3.8) is 0 Å². The second kappa shape index (κ2) is 5.98. The molecule has 0 saturated carbocycles. The van der Waals surface area contributed by atoms with Crippen molar-refractivity contribution in [2.24, 2.45) is 16.0 Å². The molecule has 0 fully saturated rings. The summed E-state index contributed by atoms with van der Waals surface area (Å²) in [6, 6.07) is 21.8. The van der Waals surface area contributed by atoms with Gasteiger partial charge in [-0.1, -0.05) is 72.9 Å². The number of nitrogens with zero attached hydrogens (tertiary/aromatic N) is 2. The zero-order valence-corrected chi connectivity index (χ0v) is 13.7. The number of nitrogens with two attached hydrogens (primary N) is 1. The molecule has 3 aromatic rings. The number of thiocarbonyl (C=S) groups is 1. The first-order valence-electron chi connectivity index (χ1n) is 7.73. The van der Waals surface area contributed by atoms with Gasteiger partial charge in [-0.2, -0.15) is 10.2 Å². The fourth-order valence-electron chi connectivity index (χ4n) is 2.96. The summed E-state index contributed by atoms with van der Waals surface area (Å²) in [5, 5.41) is 11.2. The van der Waals surface area contributed by atoms with Gasteiger partial charge in [0, 0.05) is 11.1 Å². The van der Waals surface area contributed by atoms with Crippen LogP contribution in [0.2, 0.25) is 0 Å². The Balaban J connectivity index is 1.78. The maximum Gasteiger partial charge on any atom is 0.134 e. The van der Waals surface area contributed by atoms with Crippen molar-refractivity contribution in [1.82, 2.24) is 0 Å². The summed E-state index contributed by atoms with van der Waals surface area (Å²) in [6.07, 6.45) is 1.90. The van der Waals surface area contributed by atoms with Crippen molar-refractivity contribution < 1.29 is 0 Å². The molecule has 1 atom stereocenters. The van der Waals surface area contributed by atoms with Crippen molar-refractivity contribution in [3.05, 3.63) is 83.6 Å².